The zero-order valence-corrected chi connectivity index (χ0v) is 18.7. The molecule has 0 bridgehead atoms. The number of carbonyl (C=O) groups excluding carboxylic acids is 2. The Balaban J connectivity index is 1.87. The van der Waals surface area contributed by atoms with E-state index in [4.69, 9.17) is 0 Å². The first-order valence-corrected chi connectivity index (χ1v) is 11.5. The Morgan fingerprint density at radius 3 is 2.55 bits per heavy atom. The van der Waals surface area contributed by atoms with Crippen molar-refractivity contribution in [1.29, 1.82) is 0 Å². The van der Waals surface area contributed by atoms with E-state index in [2.05, 4.69) is 30.5 Å². The van der Waals surface area contributed by atoms with Gasteiger partial charge in [-0.15, -0.1) is 11.3 Å². The summed E-state index contributed by atoms with van der Waals surface area (Å²) in [5, 5.41) is 2.12. The van der Waals surface area contributed by atoms with Crippen LogP contribution in [0.25, 0.3) is 0 Å². The quantitative estimate of drug-likeness (QED) is 0.649. The lowest BCUT2D eigenvalue weighted by Crippen LogP contribution is -2.49. The Morgan fingerprint density at radius 1 is 1.17 bits per heavy atom. The average Bonchev–Trinajstić information content (AvgIpc) is 3.19. The molecule has 0 radical (unpaired) electrons. The lowest BCUT2D eigenvalue weighted by molar-refractivity contribution is -0.144. The fourth-order valence-corrected chi connectivity index (χ4v) is 4.90. The topological polar surface area (TPSA) is 40.6 Å². The molecule has 5 heteroatoms. The maximum Gasteiger partial charge on any atom is 0.243 e. The Morgan fingerprint density at radius 2 is 1.90 bits per heavy atom. The summed E-state index contributed by atoms with van der Waals surface area (Å²) in [7, 11) is 0. The molecule has 1 aliphatic rings. The van der Waals surface area contributed by atoms with Crippen LogP contribution in [-0.2, 0) is 16.0 Å². The summed E-state index contributed by atoms with van der Waals surface area (Å²) in [6.07, 6.45) is 2.20. The third kappa shape index (κ3) is 4.89. The van der Waals surface area contributed by atoms with E-state index in [1.807, 2.05) is 43.9 Å². The van der Waals surface area contributed by atoms with Gasteiger partial charge in [0.25, 0.3) is 0 Å². The number of nitrogens with zero attached hydrogens (tertiary/aromatic N) is 2. The Labute approximate surface area is 178 Å². The predicted octanol–water partition coefficient (Wildman–Crippen LogP) is 4.90. The molecular formula is C24H32N2O2S. The van der Waals surface area contributed by atoms with Crippen LogP contribution in [0.5, 0.6) is 0 Å². The smallest absolute Gasteiger partial charge is 0.243 e. The number of amides is 2. The van der Waals surface area contributed by atoms with Crippen LogP contribution in [0.1, 0.15) is 62.6 Å². The van der Waals surface area contributed by atoms with Gasteiger partial charge in [-0.05, 0) is 48.3 Å². The van der Waals surface area contributed by atoms with Crippen LogP contribution in [0, 0.1) is 5.92 Å². The zero-order chi connectivity index (χ0) is 21.0. The van der Waals surface area contributed by atoms with E-state index >= 15 is 0 Å². The Bertz CT molecular complexity index is 830. The van der Waals surface area contributed by atoms with Crippen molar-refractivity contribution in [2.45, 2.75) is 59.0 Å². The molecule has 3 rings (SSSR count). The summed E-state index contributed by atoms with van der Waals surface area (Å²) in [6.45, 7) is 9.04. The molecule has 0 saturated heterocycles. The van der Waals surface area contributed by atoms with Crippen LogP contribution in [0.3, 0.4) is 0 Å². The van der Waals surface area contributed by atoms with Gasteiger partial charge >= 0.3 is 0 Å². The first-order valence-electron chi connectivity index (χ1n) is 10.6. The summed E-state index contributed by atoms with van der Waals surface area (Å²) in [4.78, 5) is 31.4. The third-order valence-electron chi connectivity index (χ3n) is 5.73. The highest BCUT2D eigenvalue weighted by atomic mass is 32.1. The van der Waals surface area contributed by atoms with Crippen molar-refractivity contribution >= 4 is 23.2 Å². The van der Waals surface area contributed by atoms with E-state index < -0.39 is 0 Å². The molecule has 0 fully saturated rings. The number of thiophene rings is 1. The van der Waals surface area contributed by atoms with E-state index in [0.29, 0.717) is 13.0 Å². The minimum atomic E-state index is -0.0716. The molecule has 4 nitrogen and oxygen atoms in total. The second-order valence-corrected chi connectivity index (χ2v) is 9.33. The van der Waals surface area contributed by atoms with Crippen molar-refractivity contribution in [3.05, 3.63) is 57.8 Å². The molecule has 2 aromatic rings. The number of carbonyl (C=O) groups is 2. The fraction of sp³-hybridized carbons (Fsp3) is 0.500. The molecule has 0 aliphatic carbocycles. The van der Waals surface area contributed by atoms with Crippen LogP contribution in [0.2, 0.25) is 0 Å². The van der Waals surface area contributed by atoms with Gasteiger partial charge in [-0.3, -0.25) is 9.59 Å². The van der Waals surface area contributed by atoms with Gasteiger partial charge < -0.3 is 9.80 Å². The first-order chi connectivity index (χ1) is 13.9. The van der Waals surface area contributed by atoms with Gasteiger partial charge in [0.2, 0.25) is 11.8 Å². The second-order valence-electron chi connectivity index (χ2n) is 8.33. The van der Waals surface area contributed by atoms with Crippen LogP contribution >= 0.6 is 11.3 Å². The minimum absolute atomic E-state index is 0.0353. The van der Waals surface area contributed by atoms with E-state index in [1.165, 1.54) is 10.4 Å². The van der Waals surface area contributed by atoms with Crippen LogP contribution in [0.15, 0.2) is 41.8 Å². The van der Waals surface area contributed by atoms with Crippen molar-refractivity contribution in [1.82, 2.24) is 9.80 Å². The second kappa shape index (κ2) is 9.57. The molecule has 0 N–H and O–H groups in total. The lowest BCUT2D eigenvalue weighted by atomic mass is 9.93. The van der Waals surface area contributed by atoms with Gasteiger partial charge in [0.1, 0.15) is 6.54 Å². The third-order valence-corrected chi connectivity index (χ3v) is 6.73. The number of hydrogen-bond acceptors (Lipinski definition) is 3. The van der Waals surface area contributed by atoms with Gasteiger partial charge in [-0.25, -0.2) is 0 Å². The molecule has 0 spiro atoms. The molecule has 2 heterocycles. The van der Waals surface area contributed by atoms with Gasteiger partial charge in [0.05, 0.1) is 6.04 Å². The summed E-state index contributed by atoms with van der Waals surface area (Å²) < 4.78 is 0. The number of benzene rings is 1. The van der Waals surface area contributed by atoms with Gasteiger partial charge in [-0.2, -0.15) is 0 Å². The number of hydrogen-bond donors (Lipinski definition) is 0. The maximum absolute atomic E-state index is 13.5. The fourth-order valence-electron chi connectivity index (χ4n) is 3.99. The monoisotopic (exact) mass is 412 g/mol. The van der Waals surface area contributed by atoms with Crippen molar-refractivity contribution in [3.8, 4) is 0 Å². The summed E-state index contributed by atoms with van der Waals surface area (Å²) in [5.74, 6) is 0.393. The minimum Gasteiger partial charge on any atom is -0.331 e. The zero-order valence-electron chi connectivity index (χ0n) is 17.9. The van der Waals surface area contributed by atoms with E-state index in [1.54, 1.807) is 16.2 Å². The van der Waals surface area contributed by atoms with Crippen molar-refractivity contribution < 1.29 is 9.59 Å². The molecule has 2 atom stereocenters. The van der Waals surface area contributed by atoms with Crippen molar-refractivity contribution in [3.63, 3.8) is 0 Å². The highest BCUT2D eigenvalue weighted by Gasteiger charge is 2.34. The van der Waals surface area contributed by atoms with E-state index in [9.17, 15) is 9.59 Å². The standard InChI is InChI=1S/C24H32N2O2S/c1-5-18(4)26(22(27)15-17(2)3)16-23(28)25-13-11-21-20(12-14-29-21)24(25)19-9-7-6-8-10-19/h6-10,12,14,17-18,24H,5,11,13,15-16H2,1-4H3. The molecule has 1 aliphatic heterocycles. The highest BCUT2D eigenvalue weighted by Crippen LogP contribution is 2.37. The number of fused-ring (bicyclic) bond motifs is 1. The van der Waals surface area contributed by atoms with Gasteiger partial charge in [0, 0.05) is 23.9 Å². The van der Waals surface area contributed by atoms with Crippen LogP contribution in [-0.4, -0.2) is 40.7 Å². The van der Waals surface area contributed by atoms with Gasteiger partial charge in [0.15, 0.2) is 0 Å². The predicted molar refractivity (Wildman–Crippen MR) is 119 cm³/mol. The normalized spacial score (nSPS) is 17.1. The Hall–Kier alpha value is -2.14. The molecule has 0 saturated carbocycles. The van der Waals surface area contributed by atoms with E-state index in [-0.39, 0.29) is 36.4 Å². The molecule has 1 aromatic heterocycles. The first kappa shape index (κ1) is 21.6. The molecule has 29 heavy (non-hydrogen) atoms. The average molecular weight is 413 g/mol. The molecule has 156 valence electrons. The molecule has 2 amide bonds. The van der Waals surface area contributed by atoms with E-state index in [0.717, 1.165) is 18.4 Å². The Kier molecular flexibility index (Phi) is 7.12. The van der Waals surface area contributed by atoms with Crippen LogP contribution in [0.4, 0.5) is 0 Å². The SMILES string of the molecule is CCC(C)N(CC(=O)N1CCc2sccc2C1c1ccccc1)C(=O)CC(C)C. The van der Waals surface area contributed by atoms with Crippen LogP contribution < -0.4 is 0 Å². The lowest BCUT2D eigenvalue weighted by Gasteiger charge is -2.38. The molecule has 1 aromatic carbocycles. The summed E-state index contributed by atoms with van der Waals surface area (Å²) in [6, 6.07) is 12.4. The number of rotatable bonds is 7. The molecule has 2 unspecified atom stereocenters. The summed E-state index contributed by atoms with van der Waals surface area (Å²) in [5.41, 5.74) is 2.35. The molecular weight excluding hydrogens is 380 g/mol. The largest absolute Gasteiger partial charge is 0.331 e. The maximum atomic E-state index is 13.5. The van der Waals surface area contributed by atoms with Crippen molar-refractivity contribution in [2.24, 2.45) is 5.92 Å². The van der Waals surface area contributed by atoms with Gasteiger partial charge in [-0.1, -0.05) is 51.1 Å². The summed E-state index contributed by atoms with van der Waals surface area (Å²) >= 11 is 1.77. The highest BCUT2D eigenvalue weighted by molar-refractivity contribution is 7.10. The van der Waals surface area contributed by atoms with Crippen molar-refractivity contribution in [2.75, 3.05) is 13.1 Å².